The summed E-state index contributed by atoms with van der Waals surface area (Å²) in [6, 6.07) is 3.27. The zero-order chi connectivity index (χ0) is 13.6. The van der Waals surface area contributed by atoms with Crippen LogP contribution in [-0.4, -0.2) is 27.3 Å². The minimum Gasteiger partial charge on any atom is -0.467 e. The fourth-order valence-corrected chi connectivity index (χ4v) is 2.11. The second-order valence-corrected chi connectivity index (χ2v) is 7.17. The highest BCUT2D eigenvalue weighted by molar-refractivity contribution is 7.86. The molecule has 2 N–H and O–H groups in total. The molecule has 1 rings (SSSR count). The van der Waals surface area contributed by atoms with Crippen molar-refractivity contribution in [3.63, 3.8) is 0 Å². The standard InChI is InChI=1S/C12H20N2O3S/c1-12(2,3)18(16)8-6-13-11(15)14-9-10-5-4-7-17-10/h4-5,7H,6,8-9H2,1-3H3,(H2,13,14,15)/t18-/m0/s1. The largest absolute Gasteiger partial charge is 0.467 e. The summed E-state index contributed by atoms with van der Waals surface area (Å²) >= 11 is 0. The molecule has 1 heterocycles. The van der Waals surface area contributed by atoms with Gasteiger partial charge in [0.05, 0.1) is 12.8 Å². The molecule has 0 aliphatic carbocycles. The lowest BCUT2D eigenvalue weighted by Crippen LogP contribution is -2.38. The zero-order valence-corrected chi connectivity index (χ0v) is 11.8. The van der Waals surface area contributed by atoms with Gasteiger partial charge < -0.3 is 15.1 Å². The lowest BCUT2D eigenvalue weighted by molar-refractivity contribution is 0.240. The molecule has 0 unspecified atom stereocenters. The van der Waals surface area contributed by atoms with Gasteiger partial charge in [0.15, 0.2) is 0 Å². The van der Waals surface area contributed by atoms with Crippen LogP contribution in [0.3, 0.4) is 0 Å². The number of urea groups is 1. The predicted molar refractivity (Wildman–Crippen MR) is 71.7 cm³/mol. The van der Waals surface area contributed by atoms with Crippen molar-refractivity contribution in [2.75, 3.05) is 12.3 Å². The Morgan fingerprint density at radius 3 is 2.67 bits per heavy atom. The number of hydrogen-bond acceptors (Lipinski definition) is 3. The number of amides is 2. The van der Waals surface area contributed by atoms with E-state index in [0.29, 0.717) is 24.6 Å². The lowest BCUT2D eigenvalue weighted by Gasteiger charge is -2.17. The van der Waals surface area contributed by atoms with Crippen LogP contribution in [0.4, 0.5) is 4.79 Å². The minimum absolute atomic E-state index is 0.244. The van der Waals surface area contributed by atoms with Gasteiger partial charge in [-0.15, -0.1) is 0 Å². The molecule has 1 aromatic rings. The number of nitrogens with one attached hydrogen (secondary N) is 2. The Hall–Kier alpha value is -1.30. The third-order valence-electron chi connectivity index (χ3n) is 2.26. The van der Waals surface area contributed by atoms with Gasteiger partial charge in [-0.2, -0.15) is 0 Å². The van der Waals surface area contributed by atoms with E-state index in [2.05, 4.69) is 10.6 Å². The van der Waals surface area contributed by atoms with Gasteiger partial charge in [-0.25, -0.2) is 4.79 Å². The van der Waals surface area contributed by atoms with E-state index in [-0.39, 0.29) is 10.8 Å². The molecule has 0 saturated heterocycles. The summed E-state index contributed by atoms with van der Waals surface area (Å²) in [6.45, 7) is 6.50. The van der Waals surface area contributed by atoms with Crippen molar-refractivity contribution in [3.8, 4) is 0 Å². The van der Waals surface area contributed by atoms with E-state index in [1.165, 1.54) is 0 Å². The molecule has 0 aliphatic rings. The monoisotopic (exact) mass is 272 g/mol. The highest BCUT2D eigenvalue weighted by Gasteiger charge is 2.18. The molecule has 2 amide bonds. The molecule has 5 nitrogen and oxygen atoms in total. The van der Waals surface area contributed by atoms with Gasteiger partial charge in [-0.05, 0) is 32.9 Å². The molecule has 0 aliphatic heterocycles. The van der Waals surface area contributed by atoms with E-state index in [1.54, 1.807) is 18.4 Å². The molecule has 0 saturated carbocycles. The SMILES string of the molecule is CC(C)(C)[S@@](=O)CCNC(=O)NCc1ccco1. The van der Waals surface area contributed by atoms with Crippen LogP contribution in [0.2, 0.25) is 0 Å². The summed E-state index contributed by atoms with van der Waals surface area (Å²) in [6.07, 6.45) is 1.56. The zero-order valence-electron chi connectivity index (χ0n) is 11.0. The minimum atomic E-state index is -0.948. The number of hydrogen-bond donors (Lipinski definition) is 2. The van der Waals surface area contributed by atoms with E-state index in [4.69, 9.17) is 4.42 Å². The van der Waals surface area contributed by atoms with E-state index in [1.807, 2.05) is 20.8 Å². The van der Waals surface area contributed by atoms with Gasteiger partial charge in [0.2, 0.25) is 0 Å². The normalized spacial score (nSPS) is 13.1. The number of rotatable bonds is 5. The van der Waals surface area contributed by atoms with Crippen LogP contribution < -0.4 is 10.6 Å². The summed E-state index contributed by atoms with van der Waals surface area (Å²) in [4.78, 5) is 11.4. The topological polar surface area (TPSA) is 71.3 Å². The molecule has 0 bridgehead atoms. The van der Waals surface area contributed by atoms with Crippen molar-refractivity contribution in [2.24, 2.45) is 0 Å². The molecule has 6 heteroatoms. The van der Waals surface area contributed by atoms with Gasteiger partial charge >= 0.3 is 6.03 Å². The second-order valence-electron chi connectivity index (χ2n) is 4.85. The van der Waals surface area contributed by atoms with Gasteiger partial charge in [0.25, 0.3) is 0 Å². The maximum Gasteiger partial charge on any atom is 0.315 e. The van der Waals surface area contributed by atoms with Crippen LogP contribution in [0.25, 0.3) is 0 Å². The van der Waals surface area contributed by atoms with Gasteiger partial charge in [-0.3, -0.25) is 4.21 Å². The molecule has 102 valence electrons. The van der Waals surface area contributed by atoms with Crippen LogP contribution in [0.15, 0.2) is 22.8 Å². The van der Waals surface area contributed by atoms with Gasteiger partial charge in [0, 0.05) is 27.8 Å². The molecule has 0 radical (unpaired) electrons. The van der Waals surface area contributed by atoms with E-state index in [9.17, 15) is 9.00 Å². The Balaban J connectivity index is 2.16. The van der Waals surface area contributed by atoms with Crippen molar-refractivity contribution in [2.45, 2.75) is 32.1 Å². The Labute approximate surface area is 110 Å². The van der Waals surface area contributed by atoms with Crippen LogP contribution in [0.1, 0.15) is 26.5 Å². The van der Waals surface area contributed by atoms with Crippen molar-refractivity contribution in [1.29, 1.82) is 0 Å². The summed E-state index contributed by atoms with van der Waals surface area (Å²) in [5.74, 6) is 1.15. The second kappa shape index (κ2) is 6.58. The third-order valence-corrected chi connectivity index (χ3v) is 4.20. The van der Waals surface area contributed by atoms with Crippen LogP contribution in [0, 0.1) is 0 Å². The molecular formula is C12H20N2O3S. The first-order chi connectivity index (χ1) is 8.39. The number of furan rings is 1. The van der Waals surface area contributed by atoms with Gasteiger partial charge in [-0.1, -0.05) is 0 Å². The average molecular weight is 272 g/mol. The molecule has 18 heavy (non-hydrogen) atoms. The predicted octanol–water partition coefficient (Wildman–Crippen LogP) is 1.63. The summed E-state index contributed by atoms with van der Waals surface area (Å²) in [7, 11) is -0.948. The molecular weight excluding hydrogens is 252 g/mol. The molecule has 0 aromatic carbocycles. The Kier molecular flexibility index (Phi) is 5.40. The molecule has 0 spiro atoms. The van der Waals surface area contributed by atoms with Crippen LogP contribution in [-0.2, 0) is 17.3 Å². The molecule has 1 aromatic heterocycles. The lowest BCUT2D eigenvalue weighted by atomic mass is 10.3. The first-order valence-corrected chi connectivity index (χ1v) is 7.14. The first kappa shape index (κ1) is 14.8. The van der Waals surface area contributed by atoms with Crippen molar-refractivity contribution >= 4 is 16.8 Å². The van der Waals surface area contributed by atoms with E-state index >= 15 is 0 Å². The van der Waals surface area contributed by atoms with Gasteiger partial charge in [0.1, 0.15) is 5.76 Å². The summed E-state index contributed by atoms with van der Waals surface area (Å²) in [5.41, 5.74) is 0. The summed E-state index contributed by atoms with van der Waals surface area (Å²) in [5, 5.41) is 5.32. The molecule has 1 atom stereocenters. The smallest absolute Gasteiger partial charge is 0.315 e. The quantitative estimate of drug-likeness (QED) is 0.855. The van der Waals surface area contributed by atoms with Crippen LogP contribution in [0.5, 0.6) is 0 Å². The highest BCUT2D eigenvalue weighted by atomic mass is 32.2. The highest BCUT2D eigenvalue weighted by Crippen LogP contribution is 2.10. The van der Waals surface area contributed by atoms with Crippen molar-refractivity contribution < 1.29 is 13.4 Å². The maximum atomic E-state index is 11.7. The fraction of sp³-hybridized carbons (Fsp3) is 0.583. The number of carbonyl (C=O) groups excluding carboxylic acids is 1. The Bertz CT molecular complexity index is 396. The summed E-state index contributed by atoms with van der Waals surface area (Å²) < 4.78 is 16.6. The van der Waals surface area contributed by atoms with E-state index in [0.717, 1.165) is 0 Å². The Morgan fingerprint density at radius 2 is 2.11 bits per heavy atom. The van der Waals surface area contributed by atoms with Crippen LogP contribution >= 0.6 is 0 Å². The van der Waals surface area contributed by atoms with Crippen molar-refractivity contribution in [3.05, 3.63) is 24.2 Å². The third kappa shape index (κ3) is 5.35. The first-order valence-electron chi connectivity index (χ1n) is 5.82. The number of carbonyl (C=O) groups is 1. The molecule has 0 fully saturated rings. The average Bonchev–Trinajstić information content (AvgIpc) is 2.77. The van der Waals surface area contributed by atoms with E-state index < -0.39 is 10.8 Å². The Morgan fingerprint density at radius 1 is 1.39 bits per heavy atom. The fourth-order valence-electron chi connectivity index (χ4n) is 1.21. The van der Waals surface area contributed by atoms with Crippen molar-refractivity contribution in [1.82, 2.24) is 10.6 Å². The maximum absolute atomic E-state index is 11.7.